The molecule has 1 atom stereocenters. The molecule has 27 heavy (non-hydrogen) atoms. The second-order valence-electron chi connectivity index (χ2n) is 6.31. The van der Waals surface area contributed by atoms with Crippen molar-refractivity contribution in [3.05, 3.63) is 53.3 Å². The summed E-state index contributed by atoms with van der Waals surface area (Å²) in [5.74, 6) is -0.150. The molecule has 0 aromatic heterocycles. The lowest BCUT2D eigenvalue weighted by Crippen LogP contribution is -2.43. The molecule has 0 fully saturated rings. The Hall–Kier alpha value is -3.09. The van der Waals surface area contributed by atoms with Gasteiger partial charge in [-0.2, -0.15) is 5.10 Å². The fraction of sp³-hybridized carbons (Fsp3) is 0.300. The molecule has 0 radical (unpaired) electrons. The zero-order valence-electron chi connectivity index (χ0n) is 15.8. The first-order valence-corrected chi connectivity index (χ1v) is 8.57. The van der Waals surface area contributed by atoms with Crippen LogP contribution in [0.4, 0.5) is 14.9 Å². The fourth-order valence-corrected chi connectivity index (χ4v) is 3.10. The highest BCUT2D eigenvalue weighted by molar-refractivity contribution is 5.93. The lowest BCUT2D eigenvalue weighted by Gasteiger charge is -2.28. The number of amides is 2. The molecule has 1 aliphatic rings. The highest BCUT2D eigenvalue weighted by Gasteiger charge is 2.29. The number of nitrogens with zero attached hydrogens (tertiary/aromatic N) is 3. The summed E-state index contributed by atoms with van der Waals surface area (Å²) in [5.41, 5.74) is 1.76. The number of methoxy groups -OCH3 is 2. The zero-order valence-corrected chi connectivity index (χ0v) is 15.8. The van der Waals surface area contributed by atoms with Crippen LogP contribution < -0.4 is 14.4 Å². The highest BCUT2D eigenvalue weighted by Crippen LogP contribution is 2.36. The van der Waals surface area contributed by atoms with Gasteiger partial charge in [-0.05, 0) is 31.5 Å². The predicted molar refractivity (Wildman–Crippen MR) is 102 cm³/mol. The summed E-state index contributed by atoms with van der Waals surface area (Å²) in [6.45, 7) is 1.83. The number of fused-ring (bicyclic) bond motifs is 1. The van der Waals surface area contributed by atoms with E-state index in [1.165, 1.54) is 30.3 Å². The molecule has 3 rings (SSSR count). The standard InChI is InChI=1S/C20H22FN3O3/c1-13-10-16-14(11-17(26-3)19(27-4)18(16)21)12-22-24(13)20(25)23(2)15-8-6-5-7-9-15/h5-9,11-13H,10H2,1-4H3. The average Bonchev–Trinajstić information content (AvgIpc) is 2.86. The predicted octanol–water partition coefficient (Wildman–Crippen LogP) is 3.68. The van der Waals surface area contributed by atoms with Crippen LogP contribution in [0.1, 0.15) is 18.1 Å². The van der Waals surface area contributed by atoms with Gasteiger partial charge in [-0.15, -0.1) is 0 Å². The number of anilines is 1. The van der Waals surface area contributed by atoms with Crippen molar-refractivity contribution in [2.45, 2.75) is 19.4 Å². The molecule has 0 bridgehead atoms. The van der Waals surface area contributed by atoms with Crippen LogP contribution >= 0.6 is 0 Å². The Bertz CT molecular complexity index is 871. The molecule has 142 valence electrons. The summed E-state index contributed by atoms with van der Waals surface area (Å²) >= 11 is 0. The molecule has 2 aromatic rings. The van der Waals surface area contributed by atoms with Gasteiger partial charge in [0.25, 0.3) is 0 Å². The first kappa shape index (κ1) is 18.7. The van der Waals surface area contributed by atoms with Crippen molar-refractivity contribution >= 4 is 17.9 Å². The summed E-state index contributed by atoms with van der Waals surface area (Å²) in [4.78, 5) is 14.5. The van der Waals surface area contributed by atoms with E-state index in [0.29, 0.717) is 17.5 Å². The number of carbonyl (C=O) groups excluding carboxylic acids is 1. The summed E-state index contributed by atoms with van der Waals surface area (Å²) in [6, 6.07) is 10.3. The highest BCUT2D eigenvalue weighted by atomic mass is 19.1. The molecule has 6 nitrogen and oxygen atoms in total. The number of halogens is 1. The van der Waals surface area contributed by atoms with Gasteiger partial charge < -0.3 is 9.47 Å². The van der Waals surface area contributed by atoms with Crippen molar-refractivity contribution in [1.82, 2.24) is 5.01 Å². The Morgan fingerprint density at radius 3 is 2.59 bits per heavy atom. The lowest BCUT2D eigenvalue weighted by molar-refractivity contribution is 0.190. The van der Waals surface area contributed by atoms with Gasteiger partial charge in [0, 0.05) is 23.9 Å². The molecule has 7 heteroatoms. The second-order valence-corrected chi connectivity index (χ2v) is 6.31. The molecule has 1 heterocycles. The number of ether oxygens (including phenoxy) is 2. The van der Waals surface area contributed by atoms with Crippen molar-refractivity contribution in [2.24, 2.45) is 5.10 Å². The Balaban J connectivity index is 1.94. The van der Waals surface area contributed by atoms with Crippen LogP contribution in [0.25, 0.3) is 0 Å². The molecular weight excluding hydrogens is 349 g/mol. The monoisotopic (exact) mass is 371 g/mol. The van der Waals surface area contributed by atoms with Gasteiger partial charge in [-0.25, -0.2) is 14.2 Å². The molecular formula is C20H22FN3O3. The number of carbonyl (C=O) groups is 1. The van der Waals surface area contributed by atoms with Gasteiger partial charge in [0.2, 0.25) is 0 Å². The third-order valence-corrected chi connectivity index (χ3v) is 4.61. The van der Waals surface area contributed by atoms with E-state index in [1.807, 2.05) is 37.3 Å². The van der Waals surface area contributed by atoms with Gasteiger partial charge in [-0.3, -0.25) is 4.90 Å². The van der Waals surface area contributed by atoms with E-state index in [-0.39, 0.29) is 23.6 Å². The Morgan fingerprint density at radius 1 is 1.26 bits per heavy atom. The number of rotatable bonds is 3. The van der Waals surface area contributed by atoms with E-state index in [0.717, 1.165) is 5.69 Å². The fourth-order valence-electron chi connectivity index (χ4n) is 3.10. The summed E-state index contributed by atoms with van der Waals surface area (Å²) in [5, 5.41) is 5.68. The summed E-state index contributed by atoms with van der Waals surface area (Å²) < 4.78 is 25.3. The van der Waals surface area contributed by atoms with Crippen molar-refractivity contribution in [1.29, 1.82) is 0 Å². The minimum Gasteiger partial charge on any atom is -0.493 e. The van der Waals surface area contributed by atoms with Crippen molar-refractivity contribution in [3.63, 3.8) is 0 Å². The SMILES string of the molecule is COc1cc2c(c(F)c1OC)CC(C)N(C(=O)N(C)c1ccccc1)N=C2. The zero-order chi connectivity index (χ0) is 19.6. The smallest absolute Gasteiger partial charge is 0.344 e. The Labute approximate surface area is 157 Å². The molecule has 2 amide bonds. The van der Waals surface area contributed by atoms with E-state index in [4.69, 9.17) is 9.47 Å². The number of urea groups is 1. The minimum atomic E-state index is -0.490. The molecule has 0 saturated heterocycles. The van der Waals surface area contributed by atoms with Crippen LogP contribution in [0.15, 0.2) is 41.5 Å². The Kier molecular flexibility index (Phi) is 5.30. The Morgan fingerprint density at radius 2 is 1.96 bits per heavy atom. The van der Waals surface area contributed by atoms with Crippen LogP contribution in [0.2, 0.25) is 0 Å². The first-order valence-electron chi connectivity index (χ1n) is 8.57. The quantitative estimate of drug-likeness (QED) is 0.827. The molecule has 0 N–H and O–H groups in total. The number of benzene rings is 2. The van der Waals surface area contributed by atoms with Crippen LogP contribution in [0.5, 0.6) is 11.5 Å². The number of hydrogen-bond acceptors (Lipinski definition) is 4. The molecule has 0 saturated carbocycles. The van der Waals surface area contributed by atoms with Gasteiger partial charge >= 0.3 is 6.03 Å². The van der Waals surface area contributed by atoms with Gasteiger partial charge in [0.05, 0.1) is 26.5 Å². The van der Waals surface area contributed by atoms with E-state index in [1.54, 1.807) is 13.1 Å². The van der Waals surface area contributed by atoms with E-state index < -0.39 is 5.82 Å². The van der Waals surface area contributed by atoms with Gasteiger partial charge in [0.15, 0.2) is 17.3 Å². The third kappa shape index (κ3) is 3.45. The summed E-state index contributed by atoms with van der Waals surface area (Å²) in [7, 11) is 4.53. The maximum absolute atomic E-state index is 14.9. The average molecular weight is 371 g/mol. The van der Waals surface area contributed by atoms with Crippen LogP contribution in [0.3, 0.4) is 0 Å². The van der Waals surface area contributed by atoms with E-state index >= 15 is 0 Å². The topological polar surface area (TPSA) is 54.4 Å². The van der Waals surface area contributed by atoms with Crippen molar-refractivity contribution in [3.8, 4) is 11.5 Å². The minimum absolute atomic E-state index is 0.0537. The molecule has 0 aliphatic carbocycles. The second kappa shape index (κ2) is 7.65. The first-order chi connectivity index (χ1) is 13.0. The molecule has 1 unspecified atom stereocenters. The molecule has 1 aliphatic heterocycles. The van der Waals surface area contributed by atoms with Crippen LogP contribution in [0, 0.1) is 5.82 Å². The maximum atomic E-state index is 14.9. The van der Waals surface area contributed by atoms with Crippen molar-refractivity contribution in [2.75, 3.05) is 26.2 Å². The largest absolute Gasteiger partial charge is 0.493 e. The number of hydrazone groups is 1. The maximum Gasteiger partial charge on any atom is 0.344 e. The third-order valence-electron chi connectivity index (χ3n) is 4.61. The lowest BCUT2D eigenvalue weighted by atomic mass is 10.00. The van der Waals surface area contributed by atoms with E-state index in [9.17, 15) is 9.18 Å². The molecule has 2 aromatic carbocycles. The van der Waals surface area contributed by atoms with Gasteiger partial charge in [-0.1, -0.05) is 18.2 Å². The number of hydrogen-bond donors (Lipinski definition) is 0. The van der Waals surface area contributed by atoms with E-state index in [2.05, 4.69) is 5.10 Å². The summed E-state index contributed by atoms with van der Waals surface area (Å²) in [6.07, 6.45) is 1.79. The van der Waals surface area contributed by atoms with Crippen molar-refractivity contribution < 1.29 is 18.7 Å². The van der Waals surface area contributed by atoms with Crippen LogP contribution in [-0.2, 0) is 6.42 Å². The molecule has 0 spiro atoms. The normalized spacial score (nSPS) is 15.7. The van der Waals surface area contributed by atoms with Gasteiger partial charge in [0.1, 0.15) is 0 Å². The number of para-hydroxylation sites is 1. The van der Waals surface area contributed by atoms with Crippen LogP contribution in [-0.4, -0.2) is 44.6 Å².